The Morgan fingerprint density at radius 2 is 2.31 bits per heavy atom. The summed E-state index contributed by atoms with van der Waals surface area (Å²) in [5.41, 5.74) is 0. The second-order valence-corrected chi connectivity index (χ2v) is 6.77. The van der Waals surface area contributed by atoms with Gasteiger partial charge in [-0.15, -0.1) is 22.9 Å². The summed E-state index contributed by atoms with van der Waals surface area (Å²) >= 11 is 10.1. The highest BCUT2D eigenvalue weighted by Gasteiger charge is 2.18. The second kappa shape index (κ2) is 4.27. The maximum atomic E-state index is 11.4. The van der Waals surface area contributed by atoms with Crippen LogP contribution in [0.1, 0.15) is 4.88 Å². The maximum absolute atomic E-state index is 11.4. The van der Waals surface area contributed by atoms with Crippen LogP contribution in [-0.4, -0.2) is 15.5 Å². The zero-order valence-electron chi connectivity index (χ0n) is 6.67. The molecule has 0 radical (unpaired) electrons. The molecule has 1 N–H and O–H groups in total. The van der Waals surface area contributed by atoms with Gasteiger partial charge in [-0.05, 0) is 29.0 Å². The number of thiophene rings is 1. The molecule has 74 valence electrons. The fourth-order valence-electron chi connectivity index (χ4n) is 0.757. The minimum Gasteiger partial charge on any atom is -0.214 e. The minimum atomic E-state index is -3.36. The summed E-state index contributed by atoms with van der Waals surface area (Å²) in [7, 11) is -1.99. The van der Waals surface area contributed by atoms with Crippen molar-refractivity contribution in [3.05, 3.63) is 14.7 Å². The van der Waals surface area contributed by atoms with Gasteiger partial charge in [0.1, 0.15) is 4.90 Å². The summed E-state index contributed by atoms with van der Waals surface area (Å²) in [6, 6.07) is 1.56. The van der Waals surface area contributed by atoms with Crippen LogP contribution in [0.3, 0.4) is 0 Å². The Morgan fingerprint density at radius 1 is 1.69 bits per heavy atom. The lowest BCUT2D eigenvalue weighted by Gasteiger charge is -1.98. The molecular formula is C6H7BrClNO2S2. The third-order valence-corrected chi connectivity index (χ3v) is 5.51. The molecule has 1 heterocycles. The first kappa shape index (κ1) is 11.5. The molecule has 13 heavy (non-hydrogen) atoms. The molecule has 0 aliphatic carbocycles. The van der Waals surface area contributed by atoms with E-state index in [0.29, 0.717) is 9.67 Å². The minimum absolute atomic E-state index is 0.246. The van der Waals surface area contributed by atoms with Crippen molar-refractivity contribution in [1.82, 2.24) is 4.72 Å². The van der Waals surface area contributed by atoms with E-state index in [9.17, 15) is 8.42 Å². The first-order valence-corrected chi connectivity index (χ1v) is 6.91. The molecule has 0 spiro atoms. The van der Waals surface area contributed by atoms with Gasteiger partial charge in [0.2, 0.25) is 10.0 Å². The average Bonchev–Trinajstić information content (AvgIpc) is 2.47. The second-order valence-electron chi connectivity index (χ2n) is 2.19. The summed E-state index contributed by atoms with van der Waals surface area (Å²) in [4.78, 5) is 1.07. The van der Waals surface area contributed by atoms with Gasteiger partial charge in [0.15, 0.2) is 0 Å². The quantitative estimate of drug-likeness (QED) is 0.870. The lowest BCUT2D eigenvalue weighted by molar-refractivity contribution is 0.588. The van der Waals surface area contributed by atoms with E-state index in [0.717, 1.165) is 4.88 Å². The first-order valence-electron chi connectivity index (χ1n) is 3.29. The molecule has 0 aromatic carbocycles. The zero-order valence-corrected chi connectivity index (χ0v) is 10.6. The number of halogens is 2. The van der Waals surface area contributed by atoms with E-state index in [1.54, 1.807) is 6.07 Å². The number of nitrogens with one attached hydrogen (secondary N) is 1. The van der Waals surface area contributed by atoms with E-state index < -0.39 is 10.0 Å². The molecular weight excluding hydrogens is 298 g/mol. The van der Waals surface area contributed by atoms with Gasteiger partial charge >= 0.3 is 0 Å². The summed E-state index contributed by atoms with van der Waals surface area (Å²) in [5, 5.41) is 0. The molecule has 0 fully saturated rings. The van der Waals surface area contributed by atoms with Gasteiger partial charge in [0, 0.05) is 4.88 Å². The van der Waals surface area contributed by atoms with Crippen molar-refractivity contribution in [3.8, 4) is 0 Å². The van der Waals surface area contributed by atoms with Gasteiger partial charge in [0.25, 0.3) is 0 Å². The molecule has 7 heteroatoms. The van der Waals surface area contributed by atoms with Gasteiger partial charge in [-0.3, -0.25) is 0 Å². The molecule has 0 amide bonds. The smallest absolute Gasteiger partial charge is 0.214 e. The van der Waals surface area contributed by atoms with Gasteiger partial charge < -0.3 is 0 Å². The number of rotatable bonds is 3. The van der Waals surface area contributed by atoms with Crippen LogP contribution in [0.15, 0.2) is 14.7 Å². The van der Waals surface area contributed by atoms with Crippen LogP contribution < -0.4 is 4.72 Å². The summed E-state index contributed by atoms with van der Waals surface area (Å²) in [6.45, 7) is 0. The SMILES string of the molecule is CNS(=O)(=O)c1cc(CCl)sc1Br. The van der Waals surface area contributed by atoms with Crippen molar-refractivity contribution >= 4 is 48.9 Å². The normalized spacial score (nSPS) is 11.9. The largest absolute Gasteiger partial charge is 0.242 e. The van der Waals surface area contributed by atoms with E-state index >= 15 is 0 Å². The topological polar surface area (TPSA) is 46.2 Å². The molecule has 0 aliphatic rings. The Bertz CT molecular complexity index is 401. The van der Waals surface area contributed by atoms with Crippen molar-refractivity contribution in [3.63, 3.8) is 0 Å². The highest BCUT2D eigenvalue weighted by molar-refractivity contribution is 9.11. The molecule has 1 aromatic rings. The highest BCUT2D eigenvalue weighted by Crippen LogP contribution is 2.32. The lowest BCUT2D eigenvalue weighted by Crippen LogP contribution is -2.18. The maximum Gasteiger partial charge on any atom is 0.242 e. The van der Waals surface area contributed by atoms with Crippen molar-refractivity contribution in [1.29, 1.82) is 0 Å². The predicted octanol–water partition coefficient (Wildman–Crippen LogP) is 2.16. The molecule has 0 atom stereocenters. The summed E-state index contributed by atoms with van der Waals surface area (Å²) < 4.78 is 25.6. The number of hydrogen-bond donors (Lipinski definition) is 1. The Labute approximate surface area is 94.3 Å². The molecule has 1 aromatic heterocycles. The van der Waals surface area contributed by atoms with E-state index in [1.807, 2.05) is 0 Å². The van der Waals surface area contributed by atoms with Crippen LogP contribution >= 0.6 is 38.9 Å². The van der Waals surface area contributed by atoms with E-state index in [4.69, 9.17) is 11.6 Å². The molecule has 0 unspecified atom stereocenters. The number of sulfonamides is 1. The fraction of sp³-hybridized carbons (Fsp3) is 0.333. The van der Waals surface area contributed by atoms with Crippen molar-refractivity contribution < 1.29 is 8.42 Å². The van der Waals surface area contributed by atoms with Crippen molar-refractivity contribution in [2.75, 3.05) is 7.05 Å². The van der Waals surface area contributed by atoms with E-state index in [2.05, 4.69) is 20.7 Å². The monoisotopic (exact) mass is 303 g/mol. The van der Waals surface area contributed by atoms with Crippen LogP contribution in [0, 0.1) is 0 Å². The first-order chi connectivity index (χ1) is 6.01. The number of alkyl halides is 1. The van der Waals surface area contributed by atoms with Crippen LogP contribution in [0.25, 0.3) is 0 Å². The van der Waals surface area contributed by atoms with E-state index in [-0.39, 0.29) is 4.90 Å². The van der Waals surface area contributed by atoms with Crippen LogP contribution in [0.2, 0.25) is 0 Å². The Hall–Kier alpha value is 0.380. The summed E-state index contributed by atoms with van der Waals surface area (Å²) in [5.74, 6) is 0.322. The van der Waals surface area contributed by atoms with Crippen molar-refractivity contribution in [2.24, 2.45) is 0 Å². The summed E-state index contributed by atoms with van der Waals surface area (Å²) in [6.07, 6.45) is 0. The molecule has 0 bridgehead atoms. The average molecular weight is 305 g/mol. The van der Waals surface area contributed by atoms with Gasteiger partial charge in [-0.1, -0.05) is 0 Å². The van der Waals surface area contributed by atoms with Crippen LogP contribution in [-0.2, 0) is 15.9 Å². The Morgan fingerprint density at radius 3 is 2.69 bits per heavy atom. The zero-order chi connectivity index (χ0) is 10.1. The Balaban J connectivity index is 3.23. The van der Waals surface area contributed by atoms with Crippen molar-refractivity contribution in [2.45, 2.75) is 10.8 Å². The predicted molar refractivity (Wildman–Crippen MR) is 57.8 cm³/mol. The number of hydrogen-bond acceptors (Lipinski definition) is 3. The Kier molecular flexibility index (Phi) is 3.76. The van der Waals surface area contributed by atoms with Crippen LogP contribution in [0.5, 0.6) is 0 Å². The van der Waals surface area contributed by atoms with Crippen LogP contribution in [0.4, 0.5) is 0 Å². The van der Waals surface area contributed by atoms with Gasteiger partial charge in [-0.2, -0.15) is 0 Å². The molecule has 0 saturated heterocycles. The standard InChI is InChI=1S/C6H7BrClNO2S2/c1-9-13(10,11)5-2-4(3-8)12-6(5)7/h2,9H,3H2,1H3. The lowest BCUT2D eigenvalue weighted by atomic mass is 10.5. The third kappa shape index (κ3) is 2.44. The highest BCUT2D eigenvalue weighted by atomic mass is 79.9. The van der Waals surface area contributed by atoms with Gasteiger partial charge in [0.05, 0.1) is 9.67 Å². The third-order valence-electron chi connectivity index (χ3n) is 1.40. The molecule has 0 saturated carbocycles. The van der Waals surface area contributed by atoms with Gasteiger partial charge in [-0.25, -0.2) is 13.1 Å². The fourth-order valence-corrected chi connectivity index (χ4v) is 4.25. The molecule has 0 aliphatic heterocycles. The molecule has 3 nitrogen and oxygen atoms in total. The molecule has 1 rings (SSSR count). The van der Waals surface area contributed by atoms with E-state index in [1.165, 1.54) is 18.4 Å².